The summed E-state index contributed by atoms with van der Waals surface area (Å²) in [6.07, 6.45) is 0. The lowest BCUT2D eigenvalue weighted by Crippen LogP contribution is -2.54. The summed E-state index contributed by atoms with van der Waals surface area (Å²) in [5.74, 6) is -0.291. The van der Waals surface area contributed by atoms with Crippen LogP contribution in [0.4, 0.5) is 5.69 Å². The Morgan fingerprint density at radius 1 is 1.03 bits per heavy atom. The van der Waals surface area contributed by atoms with E-state index in [9.17, 15) is 9.59 Å². The van der Waals surface area contributed by atoms with Crippen LogP contribution in [0, 0.1) is 0 Å². The first-order valence-electron chi connectivity index (χ1n) is 12.6. The number of nitrogens with one attached hydrogen (secondary N) is 2. The fourth-order valence-electron chi connectivity index (χ4n) is 4.92. The number of para-hydroxylation sites is 2. The van der Waals surface area contributed by atoms with Gasteiger partial charge in [-0.2, -0.15) is 0 Å². The molecule has 0 aliphatic carbocycles. The van der Waals surface area contributed by atoms with Gasteiger partial charge in [0.25, 0.3) is 0 Å². The van der Waals surface area contributed by atoms with E-state index >= 15 is 0 Å². The Kier molecular flexibility index (Phi) is 9.57. The average molecular weight is 516 g/mol. The van der Waals surface area contributed by atoms with Gasteiger partial charge < -0.3 is 25.0 Å². The molecular formula is C26H37N5O4S. The number of carbonyl (C=O) groups excluding carboxylic acids is 2. The summed E-state index contributed by atoms with van der Waals surface area (Å²) in [5.41, 5.74) is 1.10. The van der Waals surface area contributed by atoms with Crippen LogP contribution in [0.5, 0.6) is 5.75 Å². The Hall–Kier alpha value is -2.66. The second-order valence-corrected chi connectivity index (χ2v) is 10.1. The number of rotatable bonds is 9. The lowest BCUT2D eigenvalue weighted by molar-refractivity contribution is -0.139. The maximum atomic E-state index is 12.7. The molecule has 2 amide bonds. The molecule has 2 aliphatic rings. The van der Waals surface area contributed by atoms with Crippen LogP contribution in [0.1, 0.15) is 17.8 Å². The highest BCUT2D eigenvalue weighted by Crippen LogP contribution is 2.32. The summed E-state index contributed by atoms with van der Waals surface area (Å²) >= 11 is 1.68. The van der Waals surface area contributed by atoms with Crippen LogP contribution in [0.25, 0.3) is 0 Å². The molecule has 1 aromatic heterocycles. The normalized spacial score (nSPS) is 18.9. The number of morpholine rings is 1. The van der Waals surface area contributed by atoms with Crippen molar-refractivity contribution in [2.45, 2.75) is 19.0 Å². The molecule has 196 valence electrons. The number of nitrogens with zero attached hydrogens (tertiary/aromatic N) is 3. The topological polar surface area (TPSA) is 86.4 Å². The van der Waals surface area contributed by atoms with E-state index in [0.29, 0.717) is 26.3 Å². The van der Waals surface area contributed by atoms with Crippen molar-refractivity contribution in [3.8, 4) is 5.75 Å². The number of benzene rings is 1. The van der Waals surface area contributed by atoms with E-state index in [-0.39, 0.29) is 12.1 Å². The molecule has 0 radical (unpaired) electrons. The number of ether oxygens (including phenoxy) is 2. The molecule has 9 nitrogen and oxygen atoms in total. The van der Waals surface area contributed by atoms with Crippen LogP contribution in [-0.2, 0) is 14.3 Å². The van der Waals surface area contributed by atoms with Gasteiger partial charge in [-0.1, -0.05) is 18.2 Å². The van der Waals surface area contributed by atoms with Crippen molar-refractivity contribution in [2.24, 2.45) is 0 Å². The van der Waals surface area contributed by atoms with Crippen LogP contribution >= 0.6 is 11.3 Å². The zero-order chi connectivity index (χ0) is 25.3. The van der Waals surface area contributed by atoms with E-state index in [0.717, 1.165) is 50.7 Å². The Morgan fingerprint density at radius 3 is 2.47 bits per heavy atom. The third-order valence-corrected chi connectivity index (χ3v) is 7.77. The SMILES string of the molecule is COc1ccccc1N1CCN([C@H](c2cccs2)[C@@H](C)NC(=O)C(=O)NCCN2CCOCC2)CC1. The number of hydrogen-bond donors (Lipinski definition) is 2. The molecule has 36 heavy (non-hydrogen) atoms. The van der Waals surface area contributed by atoms with Crippen molar-refractivity contribution in [1.82, 2.24) is 20.4 Å². The van der Waals surface area contributed by atoms with E-state index in [4.69, 9.17) is 9.47 Å². The first-order valence-corrected chi connectivity index (χ1v) is 13.5. The third kappa shape index (κ3) is 6.76. The van der Waals surface area contributed by atoms with E-state index in [1.54, 1.807) is 18.4 Å². The van der Waals surface area contributed by atoms with Crippen molar-refractivity contribution in [3.05, 3.63) is 46.7 Å². The average Bonchev–Trinajstić information content (AvgIpc) is 3.44. The minimum absolute atomic E-state index is 0.00470. The standard InChI is InChI=1S/C26H37N5O4S/c1-20(28-26(33)25(32)27-9-10-29-15-17-35-18-16-29)24(23-8-5-19-36-23)31-13-11-30(12-14-31)21-6-3-4-7-22(21)34-2/h3-8,19-20,24H,9-18H2,1-2H3,(H,27,32)(H,28,33)/t20-,24+/m1/s1. The number of piperazine rings is 1. The molecule has 0 spiro atoms. The van der Waals surface area contributed by atoms with Crippen molar-refractivity contribution in [3.63, 3.8) is 0 Å². The zero-order valence-electron chi connectivity index (χ0n) is 21.2. The lowest BCUT2D eigenvalue weighted by atomic mass is 10.0. The molecule has 1 aromatic carbocycles. The van der Waals surface area contributed by atoms with E-state index in [1.165, 1.54) is 4.88 Å². The van der Waals surface area contributed by atoms with Gasteiger partial charge in [-0.3, -0.25) is 19.4 Å². The largest absolute Gasteiger partial charge is 0.495 e. The predicted molar refractivity (Wildman–Crippen MR) is 142 cm³/mol. The quantitative estimate of drug-likeness (QED) is 0.491. The number of thiophene rings is 1. The van der Waals surface area contributed by atoms with E-state index in [2.05, 4.69) is 42.8 Å². The molecule has 2 aliphatic heterocycles. The Labute approximate surface area is 217 Å². The molecule has 2 fully saturated rings. The molecule has 2 N–H and O–H groups in total. The van der Waals surface area contributed by atoms with Gasteiger partial charge in [0.1, 0.15) is 5.75 Å². The fourth-order valence-corrected chi connectivity index (χ4v) is 5.88. The highest BCUT2D eigenvalue weighted by atomic mass is 32.1. The minimum Gasteiger partial charge on any atom is -0.495 e. The molecule has 0 saturated carbocycles. The summed E-state index contributed by atoms with van der Waals surface area (Å²) in [5, 5.41) is 7.78. The third-order valence-electron chi connectivity index (χ3n) is 6.82. The van der Waals surface area contributed by atoms with Gasteiger partial charge in [0.05, 0.1) is 32.1 Å². The molecule has 0 bridgehead atoms. The summed E-state index contributed by atoms with van der Waals surface area (Å²) in [7, 11) is 1.70. The van der Waals surface area contributed by atoms with Gasteiger partial charge in [-0.25, -0.2) is 0 Å². The highest BCUT2D eigenvalue weighted by molar-refractivity contribution is 7.10. The van der Waals surface area contributed by atoms with E-state index in [1.807, 2.05) is 31.2 Å². The van der Waals surface area contributed by atoms with Crippen LogP contribution in [0.2, 0.25) is 0 Å². The molecule has 10 heteroatoms. The highest BCUT2D eigenvalue weighted by Gasteiger charge is 2.32. The molecule has 3 heterocycles. The van der Waals surface area contributed by atoms with Gasteiger partial charge >= 0.3 is 11.8 Å². The number of hydrogen-bond acceptors (Lipinski definition) is 8. The maximum absolute atomic E-state index is 12.7. The predicted octanol–water partition coefficient (Wildman–Crippen LogP) is 1.57. The van der Waals surface area contributed by atoms with Crippen LogP contribution in [0.15, 0.2) is 41.8 Å². The first-order chi connectivity index (χ1) is 17.6. The van der Waals surface area contributed by atoms with Gasteiger partial charge in [0.15, 0.2) is 0 Å². The van der Waals surface area contributed by atoms with Crippen molar-refractivity contribution >= 4 is 28.8 Å². The molecule has 2 atom stereocenters. The van der Waals surface area contributed by atoms with Gasteiger partial charge in [0, 0.05) is 63.3 Å². The summed E-state index contributed by atoms with van der Waals surface area (Å²) in [6.45, 7) is 9.65. The number of carbonyl (C=O) groups is 2. The first kappa shape index (κ1) is 26.4. The molecule has 4 rings (SSSR count). The Bertz CT molecular complexity index is 974. The van der Waals surface area contributed by atoms with Crippen LogP contribution in [0.3, 0.4) is 0 Å². The molecule has 2 aromatic rings. The van der Waals surface area contributed by atoms with Gasteiger partial charge in [-0.05, 0) is 30.5 Å². The second kappa shape index (κ2) is 13.0. The van der Waals surface area contributed by atoms with E-state index < -0.39 is 11.8 Å². The van der Waals surface area contributed by atoms with Gasteiger partial charge in [0.2, 0.25) is 0 Å². The maximum Gasteiger partial charge on any atom is 0.309 e. The summed E-state index contributed by atoms with van der Waals surface area (Å²) < 4.78 is 10.9. The van der Waals surface area contributed by atoms with Crippen molar-refractivity contribution in [2.75, 3.05) is 77.6 Å². The number of anilines is 1. The smallest absolute Gasteiger partial charge is 0.309 e. The monoisotopic (exact) mass is 515 g/mol. The van der Waals surface area contributed by atoms with Crippen LogP contribution < -0.4 is 20.3 Å². The summed E-state index contributed by atoms with van der Waals surface area (Å²) in [4.78, 5) is 33.3. The number of amides is 2. The minimum atomic E-state index is -0.585. The molecule has 0 unspecified atom stereocenters. The summed E-state index contributed by atoms with van der Waals surface area (Å²) in [6, 6.07) is 12.0. The lowest BCUT2D eigenvalue weighted by Gasteiger charge is -2.42. The Balaban J connectivity index is 1.32. The van der Waals surface area contributed by atoms with Crippen molar-refractivity contribution in [1.29, 1.82) is 0 Å². The Morgan fingerprint density at radius 2 is 1.78 bits per heavy atom. The fraction of sp³-hybridized carbons (Fsp3) is 0.538. The zero-order valence-corrected chi connectivity index (χ0v) is 22.0. The van der Waals surface area contributed by atoms with Crippen molar-refractivity contribution < 1.29 is 19.1 Å². The molecule has 2 saturated heterocycles. The second-order valence-electron chi connectivity index (χ2n) is 9.13. The number of methoxy groups -OCH3 is 1. The molecular weight excluding hydrogens is 478 g/mol. The van der Waals surface area contributed by atoms with Crippen LogP contribution in [-0.4, -0.2) is 100 Å². The van der Waals surface area contributed by atoms with Gasteiger partial charge in [-0.15, -0.1) is 11.3 Å².